The van der Waals surface area contributed by atoms with Gasteiger partial charge < -0.3 is 25.4 Å². The van der Waals surface area contributed by atoms with Crippen LogP contribution in [0.3, 0.4) is 0 Å². The number of thiophene rings is 1. The van der Waals surface area contributed by atoms with Crippen LogP contribution in [-0.4, -0.2) is 75.1 Å². The molecule has 15 heteroatoms. The number of sulfonamides is 1. The maximum atomic E-state index is 14.0. The fourth-order valence-corrected chi connectivity index (χ4v) is 7.32. The van der Waals surface area contributed by atoms with E-state index in [4.69, 9.17) is 0 Å². The van der Waals surface area contributed by atoms with Crippen molar-refractivity contribution in [2.45, 2.75) is 50.4 Å². The van der Waals surface area contributed by atoms with E-state index in [-0.39, 0.29) is 54.0 Å². The van der Waals surface area contributed by atoms with Gasteiger partial charge in [0.15, 0.2) is 0 Å². The molecule has 1 aliphatic rings. The van der Waals surface area contributed by atoms with E-state index < -0.39 is 34.4 Å². The van der Waals surface area contributed by atoms with E-state index in [2.05, 4.69) is 15.4 Å². The quantitative estimate of drug-likeness (QED) is 0.155. The van der Waals surface area contributed by atoms with Gasteiger partial charge in [0.1, 0.15) is 5.75 Å². The first-order valence-electron chi connectivity index (χ1n) is 16.2. The van der Waals surface area contributed by atoms with Crippen LogP contribution in [0.15, 0.2) is 90.3 Å². The number of hydrogen-bond donors (Lipinski definition) is 3. The van der Waals surface area contributed by atoms with Crippen molar-refractivity contribution in [3.63, 3.8) is 0 Å². The molecule has 2 amide bonds. The highest BCUT2D eigenvalue weighted by Gasteiger charge is 2.33. The molecule has 1 aromatic heterocycles. The summed E-state index contributed by atoms with van der Waals surface area (Å²) >= 11 is 1.55. The van der Waals surface area contributed by atoms with Crippen LogP contribution in [0.4, 0.5) is 18.9 Å². The van der Waals surface area contributed by atoms with Gasteiger partial charge in [0.25, 0.3) is 11.8 Å². The molecule has 1 unspecified atom stereocenters. The molecule has 272 valence electrons. The lowest BCUT2D eigenvalue weighted by Crippen LogP contribution is -2.48. The lowest BCUT2D eigenvalue weighted by Gasteiger charge is -2.27. The molecular formula is C36H39F3N4O6S2. The van der Waals surface area contributed by atoms with Crippen LogP contribution in [0.1, 0.15) is 55.6 Å². The molecule has 0 aliphatic carbocycles. The van der Waals surface area contributed by atoms with Crippen molar-refractivity contribution in [1.29, 1.82) is 0 Å². The normalized spacial score (nSPS) is 16.0. The minimum atomic E-state index is -4.83. The molecule has 1 aliphatic heterocycles. The number of nitrogens with zero attached hydrogens (tertiary/aromatic N) is 2. The molecule has 5 rings (SSSR count). The summed E-state index contributed by atoms with van der Waals surface area (Å²) in [5.41, 5.74) is 1.59. The Morgan fingerprint density at radius 1 is 1.02 bits per heavy atom. The highest BCUT2D eigenvalue weighted by molar-refractivity contribution is 7.92. The van der Waals surface area contributed by atoms with Gasteiger partial charge in [-0.05, 0) is 72.2 Å². The number of hydrogen-bond acceptors (Lipinski definition) is 8. The SMILES string of the molecule is CN(c1cc(C(=O)N[C@@H](Cc2ccccc2)[C@@H](O)CNCc2cccc(OC(F)(F)F)c2)cc(C(=O)N2CCCC2c2cccs2)c1)S(C)(=O)=O. The number of anilines is 1. The highest BCUT2D eigenvalue weighted by atomic mass is 32.2. The standard InChI is InChI=1S/C36H39F3N4O6S2/c1-42(51(2,47)48)28-20-26(19-27(21-28)35(46)43-15-7-13-31(43)33-14-8-16-50-33)34(45)41-30(18-24-9-4-3-5-10-24)32(44)23-40-22-25-11-6-12-29(17-25)49-36(37,38)39/h3-6,8-12,14,16-17,19-21,30-32,40,44H,7,13,15,18,22-23H2,1-2H3,(H,41,45)/t30-,31?,32-/m0/s1. The van der Waals surface area contributed by atoms with Crippen LogP contribution in [0, 0.1) is 0 Å². The van der Waals surface area contributed by atoms with E-state index in [0.717, 1.165) is 33.8 Å². The molecule has 0 saturated carbocycles. The van der Waals surface area contributed by atoms with Crippen molar-refractivity contribution in [2.24, 2.45) is 0 Å². The summed E-state index contributed by atoms with van der Waals surface area (Å²) in [6.07, 6.45) is -3.18. The van der Waals surface area contributed by atoms with Crippen LogP contribution in [0.25, 0.3) is 0 Å². The number of nitrogens with one attached hydrogen (secondary N) is 2. The molecule has 10 nitrogen and oxygen atoms in total. The Kier molecular flexibility index (Phi) is 12.1. The summed E-state index contributed by atoms with van der Waals surface area (Å²) in [6.45, 7) is 0.571. The van der Waals surface area contributed by atoms with Crippen LogP contribution >= 0.6 is 11.3 Å². The van der Waals surface area contributed by atoms with Crippen molar-refractivity contribution in [2.75, 3.05) is 30.7 Å². The maximum Gasteiger partial charge on any atom is 0.573 e. The zero-order valence-corrected chi connectivity index (χ0v) is 29.6. The lowest BCUT2D eigenvalue weighted by atomic mass is 9.99. The summed E-state index contributed by atoms with van der Waals surface area (Å²) in [4.78, 5) is 30.7. The van der Waals surface area contributed by atoms with Gasteiger partial charge >= 0.3 is 6.36 Å². The van der Waals surface area contributed by atoms with Gasteiger partial charge in [-0.1, -0.05) is 48.5 Å². The monoisotopic (exact) mass is 744 g/mol. The van der Waals surface area contributed by atoms with Crippen LogP contribution in [0.2, 0.25) is 0 Å². The number of amides is 2. The molecule has 0 bridgehead atoms. The molecule has 0 radical (unpaired) electrons. The average Bonchev–Trinajstić information content (AvgIpc) is 3.79. The predicted molar refractivity (Wildman–Crippen MR) is 189 cm³/mol. The van der Waals surface area contributed by atoms with Gasteiger partial charge in [-0.2, -0.15) is 0 Å². The van der Waals surface area contributed by atoms with E-state index in [9.17, 15) is 36.3 Å². The second kappa shape index (κ2) is 16.3. The largest absolute Gasteiger partial charge is 0.573 e. The van der Waals surface area contributed by atoms with Gasteiger partial charge in [-0.25, -0.2) is 8.42 Å². The maximum absolute atomic E-state index is 14.0. The molecule has 51 heavy (non-hydrogen) atoms. The van der Waals surface area contributed by atoms with Gasteiger partial charge in [0.2, 0.25) is 10.0 Å². The summed E-state index contributed by atoms with van der Waals surface area (Å²) in [5.74, 6) is -1.34. The molecule has 4 aromatic rings. The van der Waals surface area contributed by atoms with Crippen molar-refractivity contribution in [1.82, 2.24) is 15.5 Å². The first kappa shape index (κ1) is 37.8. The molecule has 0 spiro atoms. The third-order valence-corrected chi connectivity index (χ3v) is 10.7. The number of halogens is 3. The van der Waals surface area contributed by atoms with E-state index in [1.807, 2.05) is 47.8 Å². The average molecular weight is 745 g/mol. The molecular weight excluding hydrogens is 706 g/mol. The van der Waals surface area contributed by atoms with Crippen LogP contribution in [0.5, 0.6) is 5.75 Å². The first-order chi connectivity index (χ1) is 24.2. The summed E-state index contributed by atoms with van der Waals surface area (Å²) in [6, 6.07) is 21.8. The Morgan fingerprint density at radius 3 is 2.43 bits per heavy atom. The lowest BCUT2D eigenvalue weighted by molar-refractivity contribution is -0.274. The summed E-state index contributed by atoms with van der Waals surface area (Å²) in [5, 5.41) is 19.1. The van der Waals surface area contributed by atoms with Gasteiger partial charge in [-0.15, -0.1) is 24.5 Å². The Bertz CT molecular complexity index is 1910. The summed E-state index contributed by atoms with van der Waals surface area (Å²) in [7, 11) is -2.42. The van der Waals surface area contributed by atoms with Crippen molar-refractivity contribution in [3.05, 3.63) is 117 Å². The molecule has 2 heterocycles. The van der Waals surface area contributed by atoms with E-state index in [0.29, 0.717) is 12.1 Å². The van der Waals surface area contributed by atoms with Gasteiger partial charge in [0, 0.05) is 42.7 Å². The molecule has 1 saturated heterocycles. The number of benzene rings is 3. The number of rotatable bonds is 14. The number of carbonyl (C=O) groups is 2. The Balaban J connectivity index is 1.37. The third kappa shape index (κ3) is 10.3. The number of aliphatic hydroxyl groups is 1. The van der Waals surface area contributed by atoms with E-state index in [1.165, 1.54) is 43.4 Å². The second-order valence-electron chi connectivity index (χ2n) is 12.3. The first-order valence-corrected chi connectivity index (χ1v) is 18.9. The third-order valence-electron chi connectivity index (χ3n) is 8.57. The van der Waals surface area contributed by atoms with Crippen LogP contribution in [-0.2, 0) is 23.0 Å². The Morgan fingerprint density at radius 2 is 1.75 bits per heavy atom. The highest BCUT2D eigenvalue weighted by Crippen LogP contribution is 2.36. The second-order valence-corrected chi connectivity index (χ2v) is 15.3. The minimum absolute atomic E-state index is 0.0259. The van der Waals surface area contributed by atoms with Crippen molar-refractivity contribution < 1.29 is 41.0 Å². The zero-order chi connectivity index (χ0) is 36.8. The van der Waals surface area contributed by atoms with E-state index >= 15 is 0 Å². The van der Waals surface area contributed by atoms with Gasteiger partial charge in [0.05, 0.1) is 30.1 Å². The van der Waals surface area contributed by atoms with Crippen molar-refractivity contribution >= 4 is 38.9 Å². The Labute approximate surface area is 298 Å². The van der Waals surface area contributed by atoms with Crippen molar-refractivity contribution in [3.8, 4) is 5.75 Å². The molecule has 3 N–H and O–H groups in total. The smallest absolute Gasteiger partial charge is 0.406 e. The van der Waals surface area contributed by atoms with Gasteiger partial charge in [-0.3, -0.25) is 13.9 Å². The summed E-state index contributed by atoms with van der Waals surface area (Å²) < 4.78 is 68.1. The molecule has 3 atom stereocenters. The number of carbonyl (C=O) groups excluding carboxylic acids is 2. The predicted octanol–water partition coefficient (Wildman–Crippen LogP) is 5.51. The zero-order valence-electron chi connectivity index (χ0n) is 28.0. The molecule has 3 aromatic carbocycles. The number of aliphatic hydroxyl groups excluding tert-OH is 1. The van der Waals surface area contributed by atoms with Crippen LogP contribution < -0.4 is 19.7 Å². The topological polar surface area (TPSA) is 128 Å². The fraction of sp³-hybridized carbons (Fsp3) is 0.333. The molecule has 1 fully saturated rings. The number of alkyl halides is 3. The fourth-order valence-electron chi connectivity index (χ4n) is 5.95. The number of likely N-dealkylation sites (tertiary alicyclic amines) is 1. The van der Waals surface area contributed by atoms with E-state index in [1.54, 1.807) is 22.3 Å². The Hall–Kier alpha value is -4.44. The minimum Gasteiger partial charge on any atom is -0.406 e. The number of ether oxygens (including phenoxy) is 1.